The van der Waals surface area contributed by atoms with E-state index in [9.17, 15) is 9.18 Å². The molecule has 0 unspecified atom stereocenters. The zero-order chi connectivity index (χ0) is 19.9. The molecule has 3 rings (SSSR count). The first-order chi connectivity index (χ1) is 13.6. The van der Waals surface area contributed by atoms with Crippen molar-refractivity contribution in [3.05, 3.63) is 48.5 Å². The highest BCUT2D eigenvalue weighted by Crippen LogP contribution is 2.25. The average molecular weight is 387 g/mol. The van der Waals surface area contributed by atoms with E-state index >= 15 is 0 Å². The zero-order valence-corrected chi connectivity index (χ0v) is 15.5. The van der Waals surface area contributed by atoms with E-state index in [1.165, 1.54) is 25.6 Å². The lowest BCUT2D eigenvalue weighted by atomic mass is 10.1. The molecule has 0 saturated heterocycles. The summed E-state index contributed by atoms with van der Waals surface area (Å²) in [7, 11) is 1.47. The number of carbonyl (C=O) groups is 1. The number of nitrogens with one attached hydrogen (secondary N) is 1. The number of ether oxygens (including phenoxy) is 1. The van der Waals surface area contributed by atoms with E-state index in [2.05, 4.69) is 19.9 Å². The SMILES string of the molecule is COc1cc(-c2cnc([C@@H](N)CCCCCC(=O)c3ncco3)[nH]2)c(F)cn1. The molecular weight excluding hydrogens is 365 g/mol. The first-order valence-electron chi connectivity index (χ1n) is 9.01. The molecule has 1 atom stereocenters. The van der Waals surface area contributed by atoms with E-state index in [-0.39, 0.29) is 17.7 Å². The van der Waals surface area contributed by atoms with Crippen LogP contribution in [0.3, 0.4) is 0 Å². The number of hydrogen-bond acceptors (Lipinski definition) is 7. The number of Topliss-reactive ketones (excluding diaryl/α,β-unsaturated/α-hetero) is 1. The third kappa shape index (κ3) is 4.80. The van der Waals surface area contributed by atoms with Crippen molar-refractivity contribution >= 4 is 5.78 Å². The Labute approximate surface area is 161 Å². The number of aromatic nitrogens is 4. The summed E-state index contributed by atoms with van der Waals surface area (Å²) in [6.45, 7) is 0. The maximum atomic E-state index is 14.0. The van der Waals surface area contributed by atoms with Gasteiger partial charge in [0.2, 0.25) is 11.7 Å². The van der Waals surface area contributed by atoms with Crippen molar-refractivity contribution in [2.45, 2.75) is 38.1 Å². The Morgan fingerprint density at radius 1 is 1.29 bits per heavy atom. The standard InChI is InChI=1S/C19H22FN5O3/c1-27-17-9-12(13(20)10-23-17)15-11-24-18(25-15)14(21)5-3-2-4-6-16(26)19-22-7-8-28-19/h7-11,14H,2-6,21H2,1H3,(H,24,25)/t14-/m0/s1. The monoisotopic (exact) mass is 387 g/mol. The van der Waals surface area contributed by atoms with Crippen LogP contribution in [0, 0.1) is 5.82 Å². The molecule has 0 bridgehead atoms. The van der Waals surface area contributed by atoms with E-state index in [0.29, 0.717) is 35.8 Å². The second kappa shape index (κ2) is 9.23. The maximum Gasteiger partial charge on any atom is 0.263 e. The van der Waals surface area contributed by atoms with Gasteiger partial charge in [0.25, 0.3) is 5.89 Å². The van der Waals surface area contributed by atoms with E-state index in [1.807, 2.05) is 0 Å². The van der Waals surface area contributed by atoms with E-state index in [0.717, 1.165) is 25.5 Å². The summed E-state index contributed by atoms with van der Waals surface area (Å²) in [5, 5.41) is 0. The molecule has 3 N–H and O–H groups in total. The summed E-state index contributed by atoms with van der Waals surface area (Å²) in [6.07, 6.45) is 9.01. The van der Waals surface area contributed by atoms with Crippen LogP contribution >= 0.6 is 0 Å². The van der Waals surface area contributed by atoms with Gasteiger partial charge in [-0.2, -0.15) is 0 Å². The van der Waals surface area contributed by atoms with Crippen LogP contribution < -0.4 is 10.5 Å². The number of oxazole rings is 1. The van der Waals surface area contributed by atoms with Crippen molar-refractivity contribution in [1.82, 2.24) is 19.9 Å². The number of unbranched alkanes of at least 4 members (excludes halogenated alkanes) is 2. The quantitative estimate of drug-likeness (QED) is 0.404. The molecule has 3 aromatic rings. The highest BCUT2D eigenvalue weighted by molar-refractivity contribution is 5.91. The number of pyridine rings is 1. The largest absolute Gasteiger partial charge is 0.481 e. The Hall–Kier alpha value is -3.07. The van der Waals surface area contributed by atoms with Gasteiger partial charge in [-0.1, -0.05) is 12.8 Å². The summed E-state index contributed by atoms with van der Waals surface area (Å²) in [5.74, 6) is 0.483. The number of ketones is 1. The van der Waals surface area contributed by atoms with Crippen LogP contribution in [-0.4, -0.2) is 32.8 Å². The minimum absolute atomic E-state index is 0.0974. The number of carbonyl (C=O) groups excluding carboxylic acids is 1. The number of halogens is 1. The molecule has 148 valence electrons. The predicted molar refractivity (Wildman–Crippen MR) is 99.2 cm³/mol. The Kier molecular flexibility index (Phi) is 6.49. The van der Waals surface area contributed by atoms with Gasteiger partial charge in [-0.15, -0.1) is 0 Å². The Morgan fingerprint density at radius 3 is 2.89 bits per heavy atom. The molecule has 28 heavy (non-hydrogen) atoms. The molecule has 9 heteroatoms. The number of nitrogens with two attached hydrogens (primary N) is 1. The summed E-state index contributed by atoms with van der Waals surface area (Å²) >= 11 is 0. The van der Waals surface area contributed by atoms with Crippen molar-refractivity contribution < 1.29 is 18.3 Å². The van der Waals surface area contributed by atoms with Gasteiger partial charge >= 0.3 is 0 Å². The molecule has 8 nitrogen and oxygen atoms in total. The van der Waals surface area contributed by atoms with Crippen LogP contribution in [0.1, 0.15) is 54.7 Å². The van der Waals surface area contributed by atoms with Crippen LogP contribution in [0.5, 0.6) is 5.88 Å². The molecule has 0 radical (unpaired) electrons. The lowest BCUT2D eigenvalue weighted by Crippen LogP contribution is -2.12. The topological polar surface area (TPSA) is 120 Å². The van der Waals surface area contributed by atoms with Crippen LogP contribution in [0.15, 0.2) is 35.3 Å². The van der Waals surface area contributed by atoms with E-state index in [4.69, 9.17) is 14.9 Å². The molecule has 0 aromatic carbocycles. The summed E-state index contributed by atoms with van der Waals surface area (Å²) in [5.41, 5.74) is 7.02. The molecular formula is C19H22FN5O3. The third-order valence-electron chi connectivity index (χ3n) is 4.37. The predicted octanol–water partition coefficient (Wildman–Crippen LogP) is 3.44. The molecule has 0 aliphatic rings. The number of aromatic amines is 1. The average Bonchev–Trinajstić information content (AvgIpc) is 3.40. The molecule has 3 heterocycles. The number of nitrogens with zero attached hydrogens (tertiary/aromatic N) is 3. The second-order valence-corrected chi connectivity index (χ2v) is 6.35. The molecule has 0 aliphatic carbocycles. The van der Waals surface area contributed by atoms with Crippen molar-refractivity contribution in [2.75, 3.05) is 7.11 Å². The van der Waals surface area contributed by atoms with Gasteiger partial charge in [-0.3, -0.25) is 4.79 Å². The summed E-state index contributed by atoms with van der Waals surface area (Å²) in [6, 6.07) is 1.20. The number of methoxy groups -OCH3 is 1. The number of H-pyrrole nitrogens is 1. The lowest BCUT2D eigenvalue weighted by Gasteiger charge is -2.08. The van der Waals surface area contributed by atoms with Gasteiger partial charge in [0.15, 0.2) is 5.82 Å². The Morgan fingerprint density at radius 2 is 2.14 bits per heavy atom. The molecule has 0 spiro atoms. The van der Waals surface area contributed by atoms with Crippen molar-refractivity contribution in [3.63, 3.8) is 0 Å². The Balaban J connectivity index is 1.48. The maximum absolute atomic E-state index is 14.0. The smallest absolute Gasteiger partial charge is 0.263 e. The minimum Gasteiger partial charge on any atom is -0.481 e. The molecule has 3 aromatic heterocycles. The fraction of sp³-hybridized carbons (Fsp3) is 0.368. The number of imidazole rings is 1. The van der Waals surface area contributed by atoms with Crippen LogP contribution in [0.4, 0.5) is 4.39 Å². The van der Waals surface area contributed by atoms with Crippen molar-refractivity contribution in [3.8, 4) is 17.1 Å². The fourth-order valence-electron chi connectivity index (χ4n) is 2.83. The van der Waals surface area contributed by atoms with Gasteiger partial charge < -0.3 is 19.9 Å². The highest BCUT2D eigenvalue weighted by atomic mass is 19.1. The number of hydrogen-bond donors (Lipinski definition) is 2. The zero-order valence-electron chi connectivity index (χ0n) is 15.5. The van der Waals surface area contributed by atoms with Gasteiger partial charge in [0.05, 0.1) is 37.4 Å². The van der Waals surface area contributed by atoms with Crippen molar-refractivity contribution in [1.29, 1.82) is 0 Å². The molecule has 0 fully saturated rings. The second-order valence-electron chi connectivity index (χ2n) is 6.35. The van der Waals surface area contributed by atoms with Gasteiger partial charge in [-0.05, 0) is 12.8 Å². The lowest BCUT2D eigenvalue weighted by molar-refractivity contribution is 0.0945. The van der Waals surface area contributed by atoms with E-state index < -0.39 is 5.82 Å². The first kappa shape index (κ1) is 19.7. The Bertz CT molecular complexity index is 910. The number of rotatable bonds is 10. The van der Waals surface area contributed by atoms with Crippen molar-refractivity contribution in [2.24, 2.45) is 5.73 Å². The fourth-order valence-corrected chi connectivity index (χ4v) is 2.83. The first-order valence-corrected chi connectivity index (χ1v) is 9.01. The van der Waals surface area contributed by atoms with Gasteiger partial charge in [-0.25, -0.2) is 19.3 Å². The van der Waals surface area contributed by atoms with Gasteiger partial charge in [0, 0.05) is 18.1 Å². The normalized spacial score (nSPS) is 12.1. The van der Waals surface area contributed by atoms with Gasteiger partial charge in [0.1, 0.15) is 12.1 Å². The molecule has 0 amide bonds. The van der Waals surface area contributed by atoms with Crippen LogP contribution in [-0.2, 0) is 0 Å². The minimum atomic E-state index is -0.472. The van der Waals surface area contributed by atoms with E-state index in [1.54, 1.807) is 6.20 Å². The summed E-state index contributed by atoms with van der Waals surface area (Å²) in [4.78, 5) is 26.8. The summed E-state index contributed by atoms with van der Waals surface area (Å²) < 4.78 is 24.0. The van der Waals surface area contributed by atoms with Crippen LogP contribution in [0.2, 0.25) is 0 Å². The third-order valence-corrected chi connectivity index (χ3v) is 4.37. The molecule has 0 saturated carbocycles. The highest BCUT2D eigenvalue weighted by Gasteiger charge is 2.15. The molecule has 0 aliphatic heterocycles. The van der Waals surface area contributed by atoms with Crippen LogP contribution in [0.25, 0.3) is 11.3 Å².